The quantitative estimate of drug-likeness (QED) is 0.532. The summed E-state index contributed by atoms with van der Waals surface area (Å²) in [6.07, 6.45) is -2.73. The van der Waals surface area contributed by atoms with Gasteiger partial charge in [-0.1, -0.05) is 13.0 Å². The van der Waals surface area contributed by atoms with E-state index in [1.54, 1.807) is 20.8 Å². The van der Waals surface area contributed by atoms with Gasteiger partial charge in [0.2, 0.25) is 0 Å². The van der Waals surface area contributed by atoms with E-state index in [9.17, 15) is 18.0 Å². The van der Waals surface area contributed by atoms with Crippen LogP contribution in [0.4, 0.5) is 13.2 Å². The molecule has 0 saturated heterocycles. The lowest BCUT2D eigenvalue weighted by molar-refractivity contribution is -0.156. The van der Waals surface area contributed by atoms with Crippen molar-refractivity contribution in [1.82, 2.24) is 0 Å². The second-order valence-electron chi connectivity index (χ2n) is 4.22. The molecular weight excluding hydrogens is 209 g/mol. The molecule has 0 radical (unpaired) electrons. The molecule has 88 valence electrons. The number of hydrogen-bond donors (Lipinski definition) is 0. The van der Waals surface area contributed by atoms with Gasteiger partial charge < -0.3 is 4.74 Å². The molecule has 0 amide bonds. The van der Waals surface area contributed by atoms with Crippen molar-refractivity contribution in [3.63, 3.8) is 0 Å². The molecule has 0 heterocycles. The lowest BCUT2D eigenvalue weighted by atomic mass is 10.1. The average molecular weight is 224 g/mol. The van der Waals surface area contributed by atoms with Crippen LogP contribution in [0.3, 0.4) is 0 Å². The summed E-state index contributed by atoms with van der Waals surface area (Å²) in [5.41, 5.74) is -0.692. The third kappa shape index (κ3) is 6.99. The monoisotopic (exact) mass is 224 g/mol. The zero-order valence-corrected chi connectivity index (χ0v) is 9.18. The first-order valence-electron chi connectivity index (χ1n) is 4.50. The number of allylic oxidation sites excluding steroid dienone is 1. The second-order valence-corrected chi connectivity index (χ2v) is 4.22. The molecule has 0 saturated carbocycles. The van der Waals surface area contributed by atoms with Gasteiger partial charge in [0.05, 0.1) is 5.92 Å². The van der Waals surface area contributed by atoms with E-state index in [4.69, 9.17) is 4.74 Å². The molecule has 0 spiro atoms. The zero-order chi connectivity index (χ0) is 12.3. The van der Waals surface area contributed by atoms with Crippen LogP contribution in [0, 0.1) is 5.92 Å². The van der Waals surface area contributed by atoms with Crippen molar-refractivity contribution in [3.05, 3.63) is 12.2 Å². The molecule has 2 nitrogen and oxygen atoms in total. The Morgan fingerprint density at radius 2 is 1.73 bits per heavy atom. The second kappa shape index (κ2) is 4.68. The molecule has 0 bridgehead atoms. The average Bonchev–Trinajstić information content (AvgIpc) is 1.94. The standard InChI is InChI=1S/C10H15F3O2/c1-7(10(11,12)13)5-6-8(14)15-9(2,3)4/h5-7H,1-4H3/b6-5+/t7-/m1/s1. The van der Waals surface area contributed by atoms with Crippen LogP contribution in [0.25, 0.3) is 0 Å². The molecule has 0 aromatic heterocycles. The van der Waals surface area contributed by atoms with Crippen LogP contribution in [0.5, 0.6) is 0 Å². The summed E-state index contributed by atoms with van der Waals surface area (Å²) < 4.78 is 40.9. The van der Waals surface area contributed by atoms with Crippen LogP contribution in [-0.2, 0) is 9.53 Å². The van der Waals surface area contributed by atoms with Gasteiger partial charge in [0.15, 0.2) is 0 Å². The van der Waals surface area contributed by atoms with Gasteiger partial charge in [0, 0.05) is 6.08 Å². The van der Waals surface area contributed by atoms with E-state index in [-0.39, 0.29) is 0 Å². The summed E-state index contributed by atoms with van der Waals surface area (Å²) in [4.78, 5) is 11.0. The highest BCUT2D eigenvalue weighted by Gasteiger charge is 2.34. The van der Waals surface area contributed by atoms with Gasteiger partial charge in [0.25, 0.3) is 0 Å². The largest absolute Gasteiger partial charge is 0.457 e. The Balaban J connectivity index is 4.25. The lowest BCUT2D eigenvalue weighted by Gasteiger charge is -2.18. The van der Waals surface area contributed by atoms with Crippen molar-refractivity contribution in [2.24, 2.45) is 5.92 Å². The van der Waals surface area contributed by atoms with Crippen LogP contribution >= 0.6 is 0 Å². The summed E-state index contributed by atoms with van der Waals surface area (Å²) in [6.45, 7) is 5.91. The van der Waals surface area contributed by atoms with E-state index in [0.29, 0.717) is 0 Å². The van der Waals surface area contributed by atoms with Crippen LogP contribution in [-0.4, -0.2) is 17.7 Å². The normalized spacial score (nSPS) is 15.4. The number of carbonyl (C=O) groups excluding carboxylic acids is 1. The first-order valence-corrected chi connectivity index (χ1v) is 4.50. The molecule has 0 aromatic carbocycles. The predicted octanol–water partition coefficient (Wildman–Crippen LogP) is 3.08. The minimum atomic E-state index is -4.32. The fraction of sp³-hybridized carbons (Fsp3) is 0.700. The number of esters is 1. The SMILES string of the molecule is C[C@H](/C=C/C(=O)OC(C)(C)C)C(F)(F)F. The van der Waals surface area contributed by atoms with E-state index in [1.807, 2.05) is 0 Å². The van der Waals surface area contributed by atoms with E-state index in [2.05, 4.69) is 0 Å². The van der Waals surface area contributed by atoms with Crippen LogP contribution in [0.1, 0.15) is 27.7 Å². The Bertz CT molecular complexity index is 248. The van der Waals surface area contributed by atoms with E-state index >= 15 is 0 Å². The van der Waals surface area contributed by atoms with Crippen molar-refractivity contribution in [1.29, 1.82) is 0 Å². The number of halogens is 3. The number of ether oxygens (including phenoxy) is 1. The molecule has 0 aliphatic carbocycles. The van der Waals surface area contributed by atoms with Gasteiger partial charge in [-0.15, -0.1) is 0 Å². The van der Waals surface area contributed by atoms with E-state index < -0.39 is 23.7 Å². The molecule has 0 fully saturated rings. The van der Waals surface area contributed by atoms with Gasteiger partial charge in [-0.05, 0) is 20.8 Å². The first-order chi connectivity index (χ1) is 6.52. The number of rotatable bonds is 2. The molecular formula is C10H15F3O2. The molecule has 5 heteroatoms. The molecule has 0 N–H and O–H groups in total. The summed E-state index contributed by atoms with van der Waals surface area (Å²) >= 11 is 0. The van der Waals surface area contributed by atoms with E-state index in [0.717, 1.165) is 19.1 Å². The predicted molar refractivity (Wildman–Crippen MR) is 50.2 cm³/mol. The van der Waals surface area contributed by atoms with Crippen LogP contribution in [0.2, 0.25) is 0 Å². The van der Waals surface area contributed by atoms with Gasteiger partial charge in [-0.3, -0.25) is 0 Å². The van der Waals surface area contributed by atoms with Crippen LogP contribution in [0.15, 0.2) is 12.2 Å². The third-order valence-electron chi connectivity index (χ3n) is 1.44. The van der Waals surface area contributed by atoms with E-state index in [1.165, 1.54) is 0 Å². The maximum absolute atomic E-state index is 12.0. The fourth-order valence-electron chi connectivity index (χ4n) is 0.668. The topological polar surface area (TPSA) is 26.3 Å². The molecule has 0 aromatic rings. The van der Waals surface area contributed by atoms with Gasteiger partial charge in [-0.2, -0.15) is 13.2 Å². The van der Waals surface area contributed by atoms with Crippen molar-refractivity contribution >= 4 is 5.97 Å². The third-order valence-corrected chi connectivity index (χ3v) is 1.44. The molecule has 0 rings (SSSR count). The number of carbonyl (C=O) groups is 1. The van der Waals surface area contributed by atoms with Crippen molar-refractivity contribution < 1.29 is 22.7 Å². The Hall–Kier alpha value is -1.00. The maximum atomic E-state index is 12.0. The molecule has 0 aliphatic rings. The first kappa shape index (κ1) is 14.0. The maximum Gasteiger partial charge on any atom is 0.394 e. The highest BCUT2D eigenvalue weighted by Crippen LogP contribution is 2.26. The number of alkyl halides is 3. The zero-order valence-electron chi connectivity index (χ0n) is 9.18. The Morgan fingerprint density at radius 3 is 2.07 bits per heavy atom. The highest BCUT2D eigenvalue weighted by atomic mass is 19.4. The smallest absolute Gasteiger partial charge is 0.394 e. The fourth-order valence-corrected chi connectivity index (χ4v) is 0.668. The number of hydrogen-bond acceptors (Lipinski definition) is 2. The Kier molecular flexibility index (Phi) is 4.37. The minimum absolute atomic E-state index is 0.692. The summed E-state index contributed by atoms with van der Waals surface area (Å²) in [5.74, 6) is -2.41. The van der Waals surface area contributed by atoms with Crippen molar-refractivity contribution in [2.45, 2.75) is 39.5 Å². The van der Waals surface area contributed by atoms with Gasteiger partial charge >= 0.3 is 12.1 Å². The highest BCUT2D eigenvalue weighted by molar-refractivity contribution is 5.82. The molecule has 0 unspecified atom stereocenters. The Morgan fingerprint density at radius 1 is 1.27 bits per heavy atom. The van der Waals surface area contributed by atoms with Crippen LogP contribution < -0.4 is 0 Å². The Labute approximate surface area is 87.1 Å². The minimum Gasteiger partial charge on any atom is -0.457 e. The molecule has 15 heavy (non-hydrogen) atoms. The van der Waals surface area contributed by atoms with Crippen molar-refractivity contribution in [2.75, 3.05) is 0 Å². The van der Waals surface area contributed by atoms with Crippen molar-refractivity contribution in [3.8, 4) is 0 Å². The summed E-state index contributed by atoms with van der Waals surface area (Å²) in [6, 6.07) is 0. The molecule has 0 aliphatic heterocycles. The molecule has 1 atom stereocenters. The summed E-state index contributed by atoms with van der Waals surface area (Å²) in [5, 5.41) is 0. The summed E-state index contributed by atoms with van der Waals surface area (Å²) in [7, 11) is 0. The lowest BCUT2D eigenvalue weighted by Crippen LogP contribution is -2.23. The van der Waals surface area contributed by atoms with Gasteiger partial charge in [0.1, 0.15) is 5.60 Å². The van der Waals surface area contributed by atoms with Gasteiger partial charge in [-0.25, -0.2) is 4.79 Å².